The molecule has 1 aliphatic carbocycles. The topological polar surface area (TPSA) is 116 Å². The number of benzene rings is 2. The third-order valence-corrected chi connectivity index (χ3v) is 9.36. The van der Waals surface area contributed by atoms with Crippen LogP contribution in [0, 0.1) is 11.3 Å². The number of aromatic amines is 1. The van der Waals surface area contributed by atoms with Crippen molar-refractivity contribution in [2.45, 2.75) is 84.5 Å². The van der Waals surface area contributed by atoms with Crippen molar-refractivity contribution in [3.05, 3.63) is 75.0 Å². The van der Waals surface area contributed by atoms with Crippen LogP contribution in [0.15, 0.2) is 47.5 Å². The van der Waals surface area contributed by atoms with E-state index < -0.39 is 5.66 Å². The van der Waals surface area contributed by atoms with E-state index in [-0.39, 0.29) is 29.8 Å². The first kappa shape index (κ1) is 30.2. The summed E-state index contributed by atoms with van der Waals surface area (Å²) in [6.07, 6.45) is 5.21. The number of aromatic nitrogens is 4. The van der Waals surface area contributed by atoms with Crippen molar-refractivity contribution in [2.24, 2.45) is 16.3 Å². The number of tetrazole rings is 1. The fourth-order valence-electron chi connectivity index (χ4n) is 6.27. The smallest absolute Gasteiger partial charge is 0.275 e. The van der Waals surface area contributed by atoms with Crippen LogP contribution in [0.2, 0.25) is 10.0 Å². The summed E-state index contributed by atoms with van der Waals surface area (Å²) in [5.41, 5.74) is 2.15. The highest BCUT2D eigenvalue weighted by atomic mass is 35.5. The minimum absolute atomic E-state index is 0.0945. The molecule has 9 nitrogen and oxygen atoms in total. The van der Waals surface area contributed by atoms with Crippen LogP contribution in [0.3, 0.4) is 0 Å². The lowest BCUT2D eigenvalue weighted by molar-refractivity contribution is -0.133. The molecule has 2 aromatic carbocycles. The number of nitrogens with one attached hydrogen (secondary N) is 2. The summed E-state index contributed by atoms with van der Waals surface area (Å²) >= 11 is 12.6. The van der Waals surface area contributed by atoms with Gasteiger partial charge in [0.25, 0.3) is 11.8 Å². The Kier molecular flexibility index (Phi) is 8.71. The molecule has 0 unspecified atom stereocenters. The highest BCUT2D eigenvalue weighted by Gasteiger charge is 2.52. The van der Waals surface area contributed by atoms with Gasteiger partial charge in [0.2, 0.25) is 0 Å². The second kappa shape index (κ2) is 12.1. The molecule has 3 aromatic rings. The first-order chi connectivity index (χ1) is 20.0. The van der Waals surface area contributed by atoms with Crippen molar-refractivity contribution < 1.29 is 9.59 Å². The van der Waals surface area contributed by atoms with Crippen molar-refractivity contribution in [3.8, 4) is 0 Å². The average Bonchev–Trinajstić information content (AvgIpc) is 3.58. The number of rotatable bonds is 8. The summed E-state index contributed by atoms with van der Waals surface area (Å²) < 4.78 is 0. The van der Waals surface area contributed by atoms with E-state index in [1.807, 2.05) is 23.1 Å². The maximum Gasteiger partial charge on any atom is 0.275 e. The second-order valence-electron chi connectivity index (χ2n) is 12.3. The standard InChI is InChI=1S/C31H37Cl2N7O2/c1-5-6-25(19-7-9-20(10-8-19)28(41)34-18-26-36-38-39-37-26)40-29(42)27(21-11-12-23(32)24(33)17-21)35-31(40)15-13-22(14-16-31)30(2,3)4/h7-12,17,22,25H,5-6,13-16,18H2,1-4H3,(H,34,41)(H,36,37,38,39)/t22?,25-,31?/m1/s1. The van der Waals surface area contributed by atoms with E-state index in [2.05, 4.69) is 53.6 Å². The Labute approximate surface area is 256 Å². The number of H-pyrrole nitrogens is 1. The lowest BCUT2D eigenvalue weighted by Crippen LogP contribution is -2.51. The molecular formula is C31H37Cl2N7O2. The van der Waals surface area contributed by atoms with Crippen LogP contribution in [-0.4, -0.2) is 48.7 Å². The maximum absolute atomic E-state index is 14.4. The van der Waals surface area contributed by atoms with Crippen molar-refractivity contribution in [2.75, 3.05) is 0 Å². The number of carbonyl (C=O) groups is 2. The van der Waals surface area contributed by atoms with Crippen LogP contribution in [0.25, 0.3) is 0 Å². The van der Waals surface area contributed by atoms with Gasteiger partial charge in [0.05, 0.1) is 22.6 Å². The van der Waals surface area contributed by atoms with Gasteiger partial charge in [-0.25, -0.2) is 0 Å². The molecular weight excluding hydrogens is 573 g/mol. The Hall–Kier alpha value is -3.30. The molecule has 5 rings (SSSR count). The Morgan fingerprint density at radius 2 is 1.83 bits per heavy atom. The number of amides is 2. The van der Waals surface area contributed by atoms with Crippen molar-refractivity contribution in [1.29, 1.82) is 0 Å². The first-order valence-electron chi connectivity index (χ1n) is 14.5. The van der Waals surface area contributed by atoms with Gasteiger partial charge < -0.3 is 10.2 Å². The molecule has 1 spiro atoms. The molecule has 1 aliphatic heterocycles. The molecule has 1 fully saturated rings. The van der Waals surface area contributed by atoms with Gasteiger partial charge in [0, 0.05) is 11.1 Å². The van der Waals surface area contributed by atoms with Crippen LogP contribution < -0.4 is 5.32 Å². The van der Waals surface area contributed by atoms with E-state index in [4.69, 9.17) is 28.2 Å². The van der Waals surface area contributed by atoms with Gasteiger partial charge in [-0.3, -0.25) is 14.6 Å². The summed E-state index contributed by atoms with van der Waals surface area (Å²) in [6.45, 7) is 9.16. The third kappa shape index (κ3) is 6.08. The summed E-state index contributed by atoms with van der Waals surface area (Å²) in [5, 5.41) is 17.2. The Morgan fingerprint density at radius 3 is 2.43 bits per heavy atom. The molecule has 1 atom stereocenters. The highest BCUT2D eigenvalue weighted by Crippen LogP contribution is 2.50. The predicted molar refractivity (Wildman–Crippen MR) is 163 cm³/mol. The number of nitrogens with zero attached hydrogens (tertiary/aromatic N) is 5. The highest BCUT2D eigenvalue weighted by molar-refractivity contribution is 6.48. The molecule has 0 saturated heterocycles. The molecule has 1 saturated carbocycles. The van der Waals surface area contributed by atoms with Gasteiger partial charge in [-0.15, -0.1) is 10.2 Å². The largest absolute Gasteiger partial charge is 0.345 e. The van der Waals surface area contributed by atoms with Crippen LogP contribution in [0.5, 0.6) is 0 Å². The Morgan fingerprint density at radius 1 is 1.12 bits per heavy atom. The minimum atomic E-state index is -0.638. The lowest BCUT2D eigenvalue weighted by atomic mass is 9.69. The van der Waals surface area contributed by atoms with Gasteiger partial charge in [0.15, 0.2) is 5.82 Å². The SMILES string of the molecule is CCC[C@H](c1ccc(C(=O)NCc2nn[nH]n2)cc1)N1C(=O)C(c2ccc(Cl)c(Cl)c2)=NC12CCC(C(C)(C)C)CC2. The molecule has 222 valence electrons. The number of carbonyl (C=O) groups excluding carboxylic acids is 2. The molecule has 2 aliphatic rings. The molecule has 0 bridgehead atoms. The lowest BCUT2D eigenvalue weighted by Gasteiger charge is -2.47. The number of halogens is 2. The van der Waals surface area contributed by atoms with Gasteiger partial charge in [-0.2, -0.15) is 5.21 Å². The summed E-state index contributed by atoms with van der Waals surface area (Å²) in [7, 11) is 0. The van der Waals surface area contributed by atoms with Gasteiger partial charge >= 0.3 is 0 Å². The van der Waals surface area contributed by atoms with Crippen molar-refractivity contribution in [3.63, 3.8) is 0 Å². The zero-order valence-electron chi connectivity index (χ0n) is 24.5. The predicted octanol–water partition coefficient (Wildman–Crippen LogP) is 6.54. The monoisotopic (exact) mass is 609 g/mol. The van der Waals surface area contributed by atoms with E-state index in [1.165, 1.54) is 0 Å². The number of aliphatic imine (C=N–C) groups is 1. The quantitative estimate of drug-likeness (QED) is 0.301. The zero-order valence-corrected chi connectivity index (χ0v) is 26.0. The molecule has 11 heteroatoms. The summed E-state index contributed by atoms with van der Waals surface area (Å²) in [5.74, 6) is 0.625. The summed E-state index contributed by atoms with van der Waals surface area (Å²) in [6, 6.07) is 12.6. The van der Waals surface area contributed by atoms with E-state index in [0.29, 0.717) is 38.6 Å². The van der Waals surface area contributed by atoms with E-state index in [1.54, 1.807) is 24.3 Å². The molecule has 2 amide bonds. The van der Waals surface area contributed by atoms with Gasteiger partial charge in [-0.1, -0.05) is 80.7 Å². The maximum atomic E-state index is 14.4. The summed E-state index contributed by atoms with van der Waals surface area (Å²) in [4.78, 5) is 34.4. The Balaban J connectivity index is 1.46. The van der Waals surface area contributed by atoms with E-state index in [0.717, 1.165) is 44.1 Å². The number of hydrogen-bond acceptors (Lipinski definition) is 6. The van der Waals surface area contributed by atoms with E-state index in [9.17, 15) is 9.59 Å². The third-order valence-electron chi connectivity index (χ3n) is 8.62. The molecule has 1 aromatic heterocycles. The van der Waals surface area contributed by atoms with Crippen molar-refractivity contribution in [1.82, 2.24) is 30.8 Å². The van der Waals surface area contributed by atoms with Gasteiger partial charge in [0.1, 0.15) is 11.4 Å². The minimum Gasteiger partial charge on any atom is -0.345 e. The fraction of sp³-hybridized carbons (Fsp3) is 0.484. The molecule has 0 radical (unpaired) electrons. The Bertz CT molecular complexity index is 1460. The average molecular weight is 611 g/mol. The number of hydrogen-bond donors (Lipinski definition) is 2. The van der Waals surface area contributed by atoms with Crippen LogP contribution in [-0.2, 0) is 11.3 Å². The molecule has 42 heavy (non-hydrogen) atoms. The first-order valence-corrected chi connectivity index (χ1v) is 15.3. The molecule has 2 heterocycles. The van der Waals surface area contributed by atoms with E-state index >= 15 is 0 Å². The van der Waals surface area contributed by atoms with Crippen LogP contribution in [0.1, 0.15) is 99.6 Å². The van der Waals surface area contributed by atoms with Crippen LogP contribution >= 0.6 is 23.2 Å². The van der Waals surface area contributed by atoms with Crippen molar-refractivity contribution >= 4 is 40.7 Å². The van der Waals surface area contributed by atoms with Crippen LogP contribution in [0.4, 0.5) is 0 Å². The van der Waals surface area contributed by atoms with Gasteiger partial charge in [-0.05, 0) is 73.3 Å². The normalized spacial score (nSPS) is 21.5. The molecule has 2 N–H and O–H groups in total. The zero-order chi connectivity index (χ0) is 30.1. The fourth-order valence-corrected chi connectivity index (χ4v) is 6.57. The second-order valence-corrected chi connectivity index (χ2v) is 13.1.